The summed E-state index contributed by atoms with van der Waals surface area (Å²) in [5, 5.41) is 10.2. The summed E-state index contributed by atoms with van der Waals surface area (Å²) in [4.78, 5) is 16.9. The number of hydrogen-bond acceptors (Lipinski definition) is 3. The SMILES string of the molecule is Cn1cnc2cc(NC(=O)c3n[nH]c4c3CCCCC4)ccc21. The van der Waals surface area contributed by atoms with Crippen molar-refractivity contribution in [1.29, 1.82) is 0 Å². The molecule has 0 saturated heterocycles. The summed E-state index contributed by atoms with van der Waals surface area (Å²) in [6, 6.07) is 5.74. The van der Waals surface area contributed by atoms with Crippen LogP contribution in [0.3, 0.4) is 0 Å². The van der Waals surface area contributed by atoms with Gasteiger partial charge in [-0.25, -0.2) is 4.98 Å². The summed E-state index contributed by atoms with van der Waals surface area (Å²) in [7, 11) is 1.95. The van der Waals surface area contributed by atoms with Gasteiger partial charge in [-0.1, -0.05) is 6.42 Å². The first-order chi connectivity index (χ1) is 11.2. The first kappa shape index (κ1) is 14.0. The molecule has 0 radical (unpaired) electrons. The Kier molecular flexibility index (Phi) is 3.37. The molecular formula is C17H19N5O. The second-order valence-electron chi connectivity index (χ2n) is 6.10. The third-order valence-corrected chi connectivity index (χ3v) is 4.50. The van der Waals surface area contributed by atoms with E-state index in [1.54, 1.807) is 6.33 Å². The molecule has 4 rings (SSSR count). The highest BCUT2D eigenvalue weighted by Crippen LogP contribution is 2.23. The number of nitrogens with one attached hydrogen (secondary N) is 2. The summed E-state index contributed by atoms with van der Waals surface area (Å²) in [5.74, 6) is -0.153. The Bertz CT molecular complexity index is 876. The van der Waals surface area contributed by atoms with Gasteiger partial charge in [0.2, 0.25) is 0 Å². The predicted octanol–water partition coefficient (Wildman–Crippen LogP) is 2.82. The van der Waals surface area contributed by atoms with E-state index in [0.717, 1.165) is 53.7 Å². The molecule has 2 heterocycles. The summed E-state index contributed by atoms with van der Waals surface area (Å²) < 4.78 is 1.95. The van der Waals surface area contributed by atoms with Gasteiger partial charge in [0.25, 0.3) is 5.91 Å². The molecule has 0 atom stereocenters. The number of carbonyl (C=O) groups is 1. The van der Waals surface area contributed by atoms with Crippen molar-refractivity contribution >= 4 is 22.6 Å². The topological polar surface area (TPSA) is 75.6 Å². The van der Waals surface area contributed by atoms with Crippen LogP contribution >= 0.6 is 0 Å². The summed E-state index contributed by atoms with van der Waals surface area (Å²) >= 11 is 0. The highest BCUT2D eigenvalue weighted by atomic mass is 16.1. The number of aromatic amines is 1. The molecule has 0 aliphatic heterocycles. The maximum absolute atomic E-state index is 12.6. The van der Waals surface area contributed by atoms with Gasteiger partial charge >= 0.3 is 0 Å². The molecule has 0 spiro atoms. The highest BCUT2D eigenvalue weighted by Gasteiger charge is 2.21. The molecule has 0 bridgehead atoms. The zero-order valence-corrected chi connectivity index (χ0v) is 13.1. The Morgan fingerprint density at radius 3 is 3.04 bits per heavy atom. The average molecular weight is 309 g/mol. The predicted molar refractivity (Wildman–Crippen MR) is 88.5 cm³/mol. The van der Waals surface area contributed by atoms with Crippen molar-refractivity contribution < 1.29 is 4.79 Å². The van der Waals surface area contributed by atoms with Crippen molar-refractivity contribution in [3.05, 3.63) is 41.5 Å². The fourth-order valence-corrected chi connectivity index (χ4v) is 3.25. The van der Waals surface area contributed by atoms with E-state index >= 15 is 0 Å². The molecule has 1 aliphatic rings. The van der Waals surface area contributed by atoms with Crippen LogP contribution in [-0.2, 0) is 19.9 Å². The molecule has 2 N–H and O–H groups in total. The van der Waals surface area contributed by atoms with Gasteiger partial charge in [0, 0.05) is 24.0 Å². The highest BCUT2D eigenvalue weighted by molar-refractivity contribution is 6.04. The molecule has 0 saturated carbocycles. The largest absolute Gasteiger partial charge is 0.334 e. The number of amides is 1. The van der Waals surface area contributed by atoms with E-state index in [1.165, 1.54) is 6.42 Å². The van der Waals surface area contributed by atoms with Crippen molar-refractivity contribution in [1.82, 2.24) is 19.7 Å². The third kappa shape index (κ3) is 2.50. The Labute approximate surface area is 133 Å². The number of carbonyl (C=O) groups excluding carboxylic acids is 1. The van der Waals surface area contributed by atoms with E-state index in [9.17, 15) is 4.79 Å². The number of benzene rings is 1. The number of aryl methyl sites for hydroxylation is 2. The monoisotopic (exact) mass is 309 g/mol. The molecule has 1 aliphatic carbocycles. The second kappa shape index (κ2) is 5.53. The van der Waals surface area contributed by atoms with Gasteiger partial charge in [0.05, 0.1) is 17.4 Å². The number of imidazole rings is 1. The average Bonchev–Trinajstić information content (AvgIpc) is 3.03. The Balaban J connectivity index is 1.60. The molecule has 6 heteroatoms. The molecule has 0 unspecified atom stereocenters. The maximum Gasteiger partial charge on any atom is 0.276 e. The Hall–Kier alpha value is -2.63. The van der Waals surface area contributed by atoms with E-state index in [2.05, 4.69) is 20.5 Å². The quantitative estimate of drug-likeness (QED) is 0.715. The van der Waals surface area contributed by atoms with Crippen molar-refractivity contribution in [2.24, 2.45) is 7.05 Å². The number of anilines is 1. The lowest BCUT2D eigenvalue weighted by molar-refractivity contribution is 0.102. The molecular weight excluding hydrogens is 290 g/mol. The second-order valence-corrected chi connectivity index (χ2v) is 6.10. The molecule has 23 heavy (non-hydrogen) atoms. The lowest BCUT2D eigenvalue weighted by atomic mass is 10.1. The van der Waals surface area contributed by atoms with E-state index in [1.807, 2.05) is 29.8 Å². The van der Waals surface area contributed by atoms with Gasteiger partial charge in [-0.2, -0.15) is 5.10 Å². The van der Waals surface area contributed by atoms with E-state index in [0.29, 0.717) is 5.69 Å². The third-order valence-electron chi connectivity index (χ3n) is 4.50. The van der Waals surface area contributed by atoms with Gasteiger partial charge in [-0.3, -0.25) is 9.89 Å². The number of aromatic nitrogens is 4. The number of rotatable bonds is 2. The zero-order valence-electron chi connectivity index (χ0n) is 13.1. The van der Waals surface area contributed by atoms with Crippen LogP contribution in [0.4, 0.5) is 5.69 Å². The van der Waals surface area contributed by atoms with E-state index in [-0.39, 0.29) is 5.91 Å². The van der Waals surface area contributed by atoms with Crippen molar-refractivity contribution in [2.75, 3.05) is 5.32 Å². The molecule has 6 nitrogen and oxygen atoms in total. The van der Waals surface area contributed by atoms with Crippen LogP contribution in [0, 0.1) is 0 Å². The van der Waals surface area contributed by atoms with Crippen LogP contribution in [-0.4, -0.2) is 25.7 Å². The van der Waals surface area contributed by atoms with Crippen LogP contribution in [0.15, 0.2) is 24.5 Å². The first-order valence-electron chi connectivity index (χ1n) is 8.01. The van der Waals surface area contributed by atoms with Gasteiger partial charge < -0.3 is 9.88 Å². The van der Waals surface area contributed by atoms with Crippen LogP contribution < -0.4 is 5.32 Å². The van der Waals surface area contributed by atoms with Crippen LogP contribution in [0.5, 0.6) is 0 Å². The first-order valence-corrected chi connectivity index (χ1v) is 8.01. The van der Waals surface area contributed by atoms with Crippen LogP contribution in [0.25, 0.3) is 11.0 Å². The number of hydrogen-bond donors (Lipinski definition) is 2. The fraction of sp³-hybridized carbons (Fsp3) is 0.353. The van der Waals surface area contributed by atoms with Crippen molar-refractivity contribution in [2.45, 2.75) is 32.1 Å². The summed E-state index contributed by atoms with van der Waals surface area (Å²) in [5.41, 5.74) is 5.38. The van der Waals surface area contributed by atoms with Crippen molar-refractivity contribution in [3.63, 3.8) is 0 Å². The fourth-order valence-electron chi connectivity index (χ4n) is 3.25. The van der Waals surface area contributed by atoms with Crippen LogP contribution in [0.2, 0.25) is 0 Å². The van der Waals surface area contributed by atoms with Crippen molar-refractivity contribution in [3.8, 4) is 0 Å². The minimum atomic E-state index is -0.153. The van der Waals surface area contributed by atoms with Crippen LogP contribution in [0.1, 0.15) is 41.0 Å². The van der Waals surface area contributed by atoms with Gasteiger partial charge in [-0.15, -0.1) is 0 Å². The minimum absolute atomic E-state index is 0.153. The molecule has 1 aromatic carbocycles. The number of fused-ring (bicyclic) bond motifs is 2. The number of H-pyrrole nitrogens is 1. The Morgan fingerprint density at radius 1 is 1.26 bits per heavy atom. The van der Waals surface area contributed by atoms with E-state index in [4.69, 9.17) is 0 Å². The lowest BCUT2D eigenvalue weighted by Gasteiger charge is -2.05. The molecule has 118 valence electrons. The van der Waals surface area contributed by atoms with Gasteiger partial charge in [-0.05, 0) is 43.9 Å². The standard InChI is InChI=1S/C17H19N5O/c1-22-10-18-14-9-11(7-8-15(14)22)19-17(23)16-12-5-3-2-4-6-13(12)20-21-16/h7-10H,2-6H2,1H3,(H,19,23)(H,20,21). The summed E-state index contributed by atoms with van der Waals surface area (Å²) in [6.07, 6.45) is 7.16. The molecule has 3 aromatic rings. The normalized spacial score (nSPS) is 14.5. The molecule has 1 amide bonds. The zero-order chi connectivity index (χ0) is 15.8. The van der Waals surface area contributed by atoms with Gasteiger partial charge in [0.15, 0.2) is 5.69 Å². The molecule has 2 aromatic heterocycles. The smallest absolute Gasteiger partial charge is 0.276 e. The minimum Gasteiger partial charge on any atom is -0.334 e. The maximum atomic E-state index is 12.6. The lowest BCUT2D eigenvalue weighted by Crippen LogP contribution is -2.14. The number of nitrogens with zero attached hydrogens (tertiary/aromatic N) is 3. The Morgan fingerprint density at radius 2 is 2.13 bits per heavy atom. The van der Waals surface area contributed by atoms with E-state index < -0.39 is 0 Å². The van der Waals surface area contributed by atoms with Gasteiger partial charge in [0.1, 0.15) is 0 Å². The summed E-state index contributed by atoms with van der Waals surface area (Å²) in [6.45, 7) is 0. The molecule has 0 fully saturated rings.